The van der Waals surface area contributed by atoms with Crippen molar-refractivity contribution in [3.63, 3.8) is 0 Å². The molecule has 1 aliphatic carbocycles. The number of nitrogens with zero attached hydrogens (tertiary/aromatic N) is 1. The van der Waals surface area contributed by atoms with Gasteiger partial charge in [-0.15, -0.1) is 0 Å². The van der Waals surface area contributed by atoms with Gasteiger partial charge in [0.15, 0.2) is 0 Å². The monoisotopic (exact) mass is 334 g/mol. The summed E-state index contributed by atoms with van der Waals surface area (Å²) in [5, 5.41) is 11.9. The summed E-state index contributed by atoms with van der Waals surface area (Å²) in [6, 6.07) is 11.2. The Kier molecular flexibility index (Phi) is 4.19. The van der Waals surface area contributed by atoms with Crippen molar-refractivity contribution < 1.29 is 23.4 Å². The van der Waals surface area contributed by atoms with E-state index in [0.717, 1.165) is 0 Å². The number of aromatic nitrogens is 1. The van der Waals surface area contributed by atoms with Gasteiger partial charge in [0, 0.05) is 24.0 Å². The van der Waals surface area contributed by atoms with Crippen molar-refractivity contribution in [1.82, 2.24) is 4.98 Å². The van der Waals surface area contributed by atoms with Crippen LogP contribution < -0.4 is 10.1 Å². The van der Waals surface area contributed by atoms with Crippen LogP contribution in [0.5, 0.6) is 11.6 Å². The highest BCUT2D eigenvalue weighted by Crippen LogP contribution is 2.44. The van der Waals surface area contributed by atoms with E-state index in [1.165, 1.54) is 12.1 Å². The largest absolute Gasteiger partial charge is 0.439 e. The minimum Gasteiger partial charge on any atom is -0.439 e. The molecule has 1 aliphatic rings. The van der Waals surface area contributed by atoms with E-state index in [1.54, 1.807) is 36.5 Å². The Morgan fingerprint density at radius 2 is 2.04 bits per heavy atom. The molecule has 0 saturated heterocycles. The van der Waals surface area contributed by atoms with Gasteiger partial charge in [0.25, 0.3) is 5.91 Å². The molecule has 1 fully saturated rings. The maximum absolute atomic E-state index is 14.1. The summed E-state index contributed by atoms with van der Waals surface area (Å²) in [7, 11) is 0. The highest BCUT2D eigenvalue weighted by atomic mass is 19.3. The first-order chi connectivity index (χ1) is 11.4. The number of carbonyl (C=O) groups excluding carboxylic acids is 1. The second-order valence-electron chi connectivity index (χ2n) is 5.71. The van der Waals surface area contributed by atoms with Gasteiger partial charge < -0.3 is 15.2 Å². The Labute approximate surface area is 137 Å². The molecule has 0 radical (unpaired) electrons. The predicted octanol–water partition coefficient (Wildman–Crippen LogP) is 3.36. The van der Waals surface area contributed by atoms with E-state index in [9.17, 15) is 18.7 Å². The number of aliphatic hydroxyl groups is 1. The zero-order valence-electron chi connectivity index (χ0n) is 12.7. The zero-order valence-corrected chi connectivity index (χ0v) is 12.7. The summed E-state index contributed by atoms with van der Waals surface area (Å²) in [4.78, 5) is 15.9. The Bertz CT molecular complexity index is 734. The fraction of sp³-hybridized carbons (Fsp3) is 0.294. The van der Waals surface area contributed by atoms with Gasteiger partial charge in [-0.3, -0.25) is 4.79 Å². The number of amides is 1. The normalized spacial score (nSPS) is 16.1. The van der Waals surface area contributed by atoms with Crippen LogP contribution in [0.15, 0.2) is 48.7 Å². The number of ether oxygens (including phenoxy) is 1. The third kappa shape index (κ3) is 3.07. The van der Waals surface area contributed by atoms with E-state index >= 15 is 0 Å². The Morgan fingerprint density at radius 1 is 1.25 bits per heavy atom. The van der Waals surface area contributed by atoms with Crippen LogP contribution in [0.25, 0.3) is 0 Å². The second kappa shape index (κ2) is 6.16. The van der Waals surface area contributed by atoms with Crippen molar-refractivity contribution in [3.8, 4) is 11.6 Å². The summed E-state index contributed by atoms with van der Waals surface area (Å²) in [6.07, 6.45) is 1.86. The molecular weight excluding hydrogens is 318 g/mol. The standard InChI is InChI=1S/C17H16F2N2O3/c18-17(19,16(23)8-4-9-16)15(22)21-12-5-3-6-13(11-12)24-14-7-1-2-10-20-14/h1-3,5-7,10-11,23H,4,8-9H2,(H,21,22). The maximum atomic E-state index is 14.1. The van der Waals surface area contributed by atoms with Gasteiger partial charge in [0.2, 0.25) is 5.88 Å². The van der Waals surface area contributed by atoms with E-state index in [2.05, 4.69) is 10.3 Å². The highest BCUT2D eigenvalue weighted by Gasteiger charge is 2.61. The number of halogens is 2. The van der Waals surface area contributed by atoms with Crippen molar-refractivity contribution in [2.45, 2.75) is 30.8 Å². The summed E-state index contributed by atoms with van der Waals surface area (Å²) in [6.45, 7) is 0. The molecule has 0 aliphatic heterocycles. The van der Waals surface area contributed by atoms with Crippen LogP contribution in [0.2, 0.25) is 0 Å². The van der Waals surface area contributed by atoms with Gasteiger partial charge in [-0.2, -0.15) is 8.78 Å². The van der Waals surface area contributed by atoms with Gasteiger partial charge in [0.1, 0.15) is 11.4 Å². The lowest BCUT2D eigenvalue weighted by Crippen LogP contribution is -2.59. The molecule has 5 nitrogen and oxygen atoms in total. The highest BCUT2D eigenvalue weighted by molar-refractivity contribution is 5.97. The average Bonchev–Trinajstić information content (AvgIpc) is 2.53. The van der Waals surface area contributed by atoms with Crippen LogP contribution in [0.1, 0.15) is 19.3 Å². The van der Waals surface area contributed by atoms with Crippen molar-refractivity contribution in [2.24, 2.45) is 0 Å². The van der Waals surface area contributed by atoms with E-state index < -0.39 is 17.4 Å². The number of alkyl halides is 2. The number of rotatable bonds is 5. The quantitative estimate of drug-likeness (QED) is 0.879. The smallest absolute Gasteiger partial charge is 0.352 e. The summed E-state index contributed by atoms with van der Waals surface area (Å²) < 4.78 is 33.6. The third-order valence-electron chi connectivity index (χ3n) is 4.00. The van der Waals surface area contributed by atoms with E-state index in [-0.39, 0.29) is 18.5 Å². The average molecular weight is 334 g/mol. The minimum absolute atomic E-state index is 0.0871. The van der Waals surface area contributed by atoms with E-state index in [4.69, 9.17) is 4.74 Å². The van der Waals surface area contributed by atoms with Gasteiger partial charge >= 0.3 is 5.92 Å². The Balaban J connectivity index is 1.71. The van der Waals surface area contributed by atoms with Crippen molar-refractivity contribution >= 4 is 11.6 Å². The van der Waals surface area contributed by atoms with Gasteiger partial charge in [-0.05, 0) is 37.5 Å². The predicted molar refractivity (Wildman–Crippen MR) is 83.1 cm³/mol. The number of hydrogen-bond acceptors (Lipinski definition) is 4. The molecule has 3 rings (SSSR count). The summed E-state index contributed by atoms with van der Waals surface area (Å²) >= 11 is 0. The summed E-state index contributed by atoms with van der Waals surface area (Å²) in [5.74, 6) is -4.68. The zero-order chi connectivity index (χ0) is 17.2. The minimum atomic E-state index is -3.84. The molecule has 1 aromatic carbocycles. The summed E-state index contributed by atoms with van der Waals surface area (Å²) in [5.41, 5.74) is -2.10. The van der Waals surface area contributed by atoms with E-state index in [1.807, 2.05) is 0 Å². The Hall–Kier alpha value is -2.54. The number of pyridine rings is 1. The van der Waals surface area contributed by atoms with Crippen LogP contribution in [0.3, 0.4) is 0 Å². The van der Waals surface area contributed by atoms with Crippen LogP contribution in [-0.2, 0) is 4.79 Å². The molecule has 1 amide bonds. The molecule has 7 heteroatoms. The number of nitrogens with one attached hydrogen (secondary N) is 1. The van der Waals surface area contributed by atoms with Gasteiger partial charge in [-0.1, -0.05) is 12.1 Å². The van der Waals surface area contributed by atoms with Gasteiger partial charge in [0.05, 0.1) is 0 Å². The molecular formula is C17H16F2N2O3. The third-order valence-corrected chi connectivity index (χ3v) is 4.00. The van der Waals surface area contributed by atoms with Crippen LogP contribution in [0.4, 0.5) is 14.5 Å². The molecule has 1 aromatic heterocycles. The number of anilines is 1. The SMILES string of the molecule is O=C(Nc1cccc(Oc2ccccn2)c1)C(F)(F)C1(O)CCC1. The fourth-order valence-electron chi connectivity index (χ4n) is 2.41. The van der Waals surface area contributed by atoms with Gasteiger partial charge in [-0.25, -0.2) is 4.98 Å². The molecule has 0 unspecified atom stereocenters. The first-order valence-electron chi connectivity index (χ1n) is 7.51. The maximum Gasteiger partial charge on any atom is 0.352 e. The van der Waals surface area contributed by atoms with Crippen molar-refractivity contribution in [3.05, 3.63) is 48.7 Å². The first kappa shape index (κ1) is 16.3. The fourth-order valence-corrected chi connectivity index (χ4v) is 2.41. The number of carbonyl (C=O) groups is 1. The molecule has 0 bridgehead atoms. The molecule has 1 heterocycles. The molecule has 2 N–H and O–H groups in total. The van der Waals surface area contributed by atoms with Crippen molar-refractivity contribution in [1.29, 1.82) is 0 Å². The first-order valence-corrected chi connectivity index (χ1v) is 7.51. The molecule has 0 atom stereocenters. The topological polar surface area (TPSA) is 71.5 Å². The number of benzene rings is 1. The molecule has 126 valence electrons. The lowest BCUT2D eigenvalue weighted by Gasteiger charge is -2.41. The lowest BCUT2D eigenvalue weighted by atomic mass is 9.75. The van der Waals surface area contributed by atoms with Crippen LogP contribution in [0, 0.1) is 0 Å². The number of hydrogen-bond donors (Lipinski definition) is 2. The Morgan fingerprint density at radius 3 is 2.67 bits per heavy atom. The molecule has 2 aromatic rings. The van der Waals surface area contributed by atoms with Crippen molar-refractivity contribution in [2.75, 3.05) is 5.32 Å². The van der Waals surface area contributed by atoms with Crippen LogP contribution in [-0.4, -0.2) is 27.5 Å². The molecule has 1 saturated carbocycles. The molecule has 24 heavy (non-hydrogen) atoms. The van der Waals surface area contributed by atoms with E-state index in [0.29, 0.717) is 18.1 Å². The lowest BCUT2D eigenvalue weighted by molar-refractivity contribution is -0.212. The van der Waals surface area contributed by atoms with Crippen LogP contribution >= 0.6 is 0 Å². The second-order valence-corrected chi connectivity index (χ2v) is 5.71. The molecule has 0 spiro atoms.